The molecule has 3 amide bonds. The predicted molar refractivity (Wildman–Crippen MR) is 91.4 cm³/mol. The summed E-state index contributed by atoms with van der Waals surface area (Å²) in [6.45, 7) is 3.12. The van der Waals surface area contributed by atoms with Crippen LogP contribution in [0.2, 0.25) is 10.0 Å². The van der Waals surface area contributed by atoms with E-state index in [1.807, 2.05) is 6.92 Å². The van der Waals surface area contributed by atoms with Crippen LogP contribution in [0.4, 0.5) is 4.79 Å². The topological polar surface area (TPSA) is 75.4 Å². The first-order chi connectivity index (χ1) is 10.9. The van der Waals surface area contributed by atoms with Gasteiger partial charge in [0, 0.05) is 35.2 Å². The molecule has 0 spiro atoms. The molecule has 0 aliphatic carbocycles. The van der Waals surface area contributed by atoms with E-state index in [1.54, 1.807) is 23.1 Å². The van der Waals surface area contributed by atoms with Crippen molar-refractivity contribution >= 4 is 35.1 Å². The maximum atomic E-state index is 12.4. The Morgan fingerprint density at radius 2 is 2.00 bits per heavy atom. The predicted octanol–water partition coefficient (Wildman–Crippen LogP) is 3.18. The molecule has 3 N–H and O–H groups in total. The summed E-state index contributed by atoms with van der Waals surface area (Å²) in [5.74, 6) is -0.341. The summed E-state index contributed by atoms with van der Waals surface area (Å²) >= 11 is 12.2. The van der Waals surface area contributed by atoms with Gasteiger partial charge >= 0.3 is 6.03 Å². The molecule has 7 heteroatoms. The molecule has 1 unspecified atom stereocenters. The summed E-state index contributed by atoms with van der Waals surface area (Å²) in [6.07, 6.45) is 2.11. The minimum absolute atomic E-state index is 0.236. The summed E-state index contributed by atoms with van der Waals surface area (Å²) in [6, 6.07) is 4.97. The molecule has 1 aliphatic heterocycles. The van der Waals surface area contributed by atoms with Gasteiger partial charge in [-0.1, -0.05) is 36.2 Å². The van der Waals surface area contributed by atoms with Gasteiger partial charge in [-0.25, -0.2) is 4.79 Å². The highest BCUT2D eigenvalue weighted by Gasteiger charge is 2.40. The molecule has 1 heterocycles. The first kappa shape index (κ1) is 17.9. The van der Waals surface area contributed by atoms with E-state index in [0.717, 1.165) is 12.8 Å². The first-order valence-electron chi connectivity index (χ1n) is 7.65. The van der Waals surface area contributed by atoms with Gasteiger partial charge in [0.25, 0.3) is 0 Å². The minimum Gasteiger partial charge on any atom is -0.369 e. The molecule has 1 atom stereocenters. The van der Waals surface area contributed by atoms with Crippen molar-refractivity contribution in [2.45, 2.75) is 32.7 Å². The van der Waals surface area contributed by atoms with Crippen molar-refractivity contribution in [1.82, 2.24) is 10.2 Å². The molecule has 1 saturated heterocycles. The van der Waals surface area contributed by atoms with Crippen molar-refractivity contribution in [3.8, 4) is 0 Å². The van der Waals surface area contributed by atoms with E-state index in [2.05, 4.69) is 5.32 Å². The van der Waals surface area contributed by atoms with E-state index >= 15 is 0 Å². The molecule has 1 aromatic carbocycles. The largest absolute Gasteiger partial charge is 0.369 e. The molecule has 0 bridgehead atoms. The smallest absolute Gasteiger partial charge is 0.317 e. The van der Waals surface area contributed by atoms with Gasteiger partial charge in [-0.2, -0.15) is 0 Å². The number of hydrogen-bond donors (Lipinski definition) is 2. The zero-order chi connectivity index (χ0) is 17.0. The summed E-state index contributed by atoms with van der Waals surface area (Å²) in [5, 5.41) is 3.84. The SMILES string of the molecule is CCC1(C(N)=O)CCCN(C(=O)NCc2c(Cl)cccc2Cl)C1. The monoisotopic (exact) mass is 357 g/mol. The van der Waals surface area contributed by atoms with Gasteiger partial charge in [-0.3, -0.25) is 4.79 Å². The van der Waals surface area contributed by atoms with E-state index in [4.69, 9.17) is 28.9 Å². The summed E-state index contributed by atoms with van der Waals surface area (Å²) in [7, 11) is 0. The lowest BCUT2D eigenvalue weighted by molar-refractivity contribution is -0.130. The molecule has 1 fully saturated rings. The normalized spacial score (nSPS) is 21.1. The molecule has 2 rings (SSSR count). The average molecular weight is 358 g/mol. The van der Waals surface area contributed by atoms with Crippen molar-refractivity contribution < 1.29 is 9.59 Å². The fourth-order valence-corrected chi connectivity index (χ4v) is 3.48. The van der Waals surface area contributed by atoms with Gasteiger partial charge < -0.3 is 16.0 Å². The molecule has 23 heavy (non-hydrogen) atoms. The van der Waals surface area contributed by atoms with Crippen LogP contribution < -0.4 is 11.1 Å². The van der Waals surface area contributed by atoms with Crippen molar-refractivity contribution in [3.63, 3.8) is 0 Å². The van der Waals surface area contributed by atoms with Crippen LogP contribution >= 0.6 is 23.2 Å². The molecular weight excluding hydrogens is 337 g/mol. The van der Waals surface area contributed by atoms with Crippen LogP contribution in [0, 0.1) is 5.41 Å². The van der Waals surface area contributed by atoms with Crippen molar-refractivity contribution in [2.24, 2.45) is 11.1 Å². The molecule has 126 valence electrons. The molecule has 1 aromatic rings. The maximum absolute atomic E-state index is 12.4. The van der Waals surface area contributed by atoms with Crippen LogP contribution in [-0.2, 0) is 11.3 Å². The summed E-state index contributed by atoms with van der Waals surface area (Å²) < 4.78 is 0. The van der Waals surface area contributed by atoms with Gasteiger partial charge in [-0.05, 0) is 31.4 Å². The molecular formula is C16H21Cl2N3O2. The number of nitrogens with two attached hydrogens (primary N) is 1. The Kier molecular flexibility index (Phi) is 5.76. The molecule has 1 aliphatic rings. The number of carbonyl (C=O) groups excluding carboxylic acids is 2. The van der Waals surface area contributed by atoms with Crippen LogP contribution in [-0.4, -0.2) is 29.9 Å². The van der Waals surface area contributed by atoms with Crippen LogP contribution in [0.5, 0.6) is 0 Å². The Hall–Kier alpha value is -1.46. The lowest BCUT2D eigenvalue weighted by Crippen LogP contribution is -2.54. The Balaban J connectivity index is 2.02. The number of primary amides is 1. The highest BCUT2D eigenvalue weighted by molar-refractivity contribution is 6.36. The average Bonchev–Trinajstić information content (AvgIpc) is 2.54. The van der Waals surface area contributed by atoms with Gasteiger partial charge in [0.05, 0.1) is 5.41 Å². The Labute approximate surface area is 146 Å². The van der Waals surface area contributed by atoms with E-state index in [9.17, 15) is 9.59 Å². The quantitative estimate of drug-likeness (QED) is 0.867. The number of piperidine rings is 1. The summed E-state index contributed by atoms with van der Waals surface area (Å²) in [4.78, 5) is 25.8. The van der Waals surface area contributed by atoms with Gasteiger partial charge in [0.2, 0.25) is 5.91 Å². The van der Waals surface area contributed by atoms with Crippen LogP contribution in [0.3, 0.4) is 0 Å². The molecule has 0 radical (unpaired) electrons. The van der Waals surface area contributed by atoms with Crippen LogP contribution in [0.15, 0.2) is 18.2 Å². The second-order valence-corrected chi connectivity index (χ2v) is 6.70. The number of nitrogens with zero attached hydrogens (tertiary/aromatic N) is 1. The van der Waals surface area contributed by atoms with E-state index < -0.39 is 5.41 Å². The third-order valence-electron chi connectivity index (χ3n) is 4.54. The third-order valence-corrected chi connectivity index (χ3v) is 5.25. The number of carbonyl (C=O) groups is 2. The van der Waals surface area contributed by atoms with E-state index in [1.165, 1.54) is 0 Å². The standard InChI is InChI=1S/C16H21Cl2N3O2/c1-2-16(14(19)22)7-4-8-21(10-16)15(23)20-9-11-12(17)5-3-6-13(11)18/h3,5-6H,2,4,7-10H2,1H3,(H2,19,22)(H,20,23). The van der Waals surface area contributed by atoms with Crippen LogP contribution in [0.25, 0.3) is 0 Å². The molecule has 5 nitrogen and oxygen atoms in total. The number of halogens is 2. The van der Waals surface area contributed by atoms with Crippen molar-refractivity contribution in [2.75, 3.05) is 13.1 Å². The van der Waals surface area contributed by atoms with Crippen molar-refractivity contribution in [1.29, 1.82) is 0 Å². The number of amides is 3. The first-order valence-corrected chi connectivity index (χ1v) is 8.41. The Bertz CT molecular complexity index is 589. The zero-order valence-corrected chi connectivity index (χ0v) is 14.6. The van der Waals surface area contributed by atoms with Crippen LogP contribution in [0.1, 0.15) is 31.7 Å². The second-order valence-electron chi connectivity index (χ2n) is 5.88. The number of benzene rings is 1. The minimum atomic E-state index is -0.627. The Morgan fingerprint density at radius 1 is 1.35 bits per heavy atom. The van der Waals surface area contributed by atoms with E-state index in [-0.39, 0.29) is 18.5 Å². The van der Waals surface area contributed by atoms with Gasteiger partial charge in [0.15, 0.2) is 0 Å². The number of rotatable bonds is 4. The fourth-order valence-electron chi connectivity index (χ4n) is 2.95. The lowest BCUT2D eigenvalue weighted by atomic mass is 9.77. The van der Waals surface area contributed by atoms with E-state index in [0.29, 0.717) is 35.1 Å². The summed E-state index contributed by atoms with van der Waals surface area (Å²) in [5.41, 5.74) is 5.60. The fraction of sp³-hybridized carbons (Fsp3) is 0.500. The Morgan fingerprint density at radius 3 is 2.57 bits per heavy atom. The number of hydrogen-bond acceptors (Lipinski definition) is 2. The zero-order valence-electron chi connectivity index (χ0n) is 13.1. The molecule has 0 saturated carbocycles. The number of likely N-dealkylation sites (tertiary alicyclic amines) is 1. The maximum Gasteiger partial charge on any atom is 0.317 e. The third kappa shape index (κ3) is 3.90. The molecule has 0 aromatic heterocycles. The van der Waals surface area contributed by atoms with Gasteiger partial charge in [0.1, 0.15) is 0 Å². The van der Waals surface area contributed by atoms with Gasteiger partial charge in [-0.15, -0.1) is 0 Å². The van der Waals surface area contributed by atoms with Crippen molar-refractivity contribution in [3.05, 3.63) is 33.8 Å². The number of urea groups is 1. The lowest BCUT2D eigenvalue weighted by Gasteiger charge is -2.40. The number of nitrogens with one attached hydrogen (secondary N) is 1. The highest BCUT2D eigenvalue weighted by atomic mass is 35.5. The highest BCUT2D eigenvalue weighted by Crippen LogP contribution is 2.33. The second kappa shape index (κ2) is 7.41.